The van der Waals surface area contributed by atoms with Crippen LogP contribution in [0, 0.1) is 0 Å². The minimum absolute atomic E-state index is 0.433. The molecule has 1 aromatic rings. The molecule has 0 bridgehead atoms. The van der Waals surface area contributed by atoms with E-state index in [4.69, 9.17) is 5.21 Å². The highest BCUT2D eigenvalue weighted by molar-refractivity contribution is 5.65. The average Bonchev–Trinajstić information content (AvgIpc) is 2.25. The smallest absolute Gasteiger partial charge is 0.113 e. The predicted molar refractivity (Wildman–Crippen MR) is 63.0 cm³/mol. The highest BCUT2D eigenvalue weighted by Gasteiger charge is 2.08. The van der Waals surface area contributed by atoms with Crippen molar-refractivity contribution in [2.75, 3.05) is 0 Å². The summed E-state index contributed by atoms with van der Waals surface area (Å²) in [7, 11) is 0. The van der Waals surface area contributed by atoms with Gasteiger partial charge in [0.1, 0.15) is 6.34 Å². The van der Waals surface area contributed by atoms with Gasteiger partial charge >= 0.3 is 0 Å². The Morgan fingerprint density at radius 1 is 1.47 bits per heavy atom. The van der Waals surface area contributed by atoms with Gasteiger partial charge < -0.3 is 0 Å². The molecule has 0 aliphatic rings. The molecule has 0 radical (unpaired) electrons. The van der Waals surface area contributed by atoms with Crippen LogP contribution in [-0.4, -0.2) is 11.5 Å². The van der Waals surface area contributed by atoms with Gasteiger partial charge in [0.2, 0.25) is 0 Å². The quantitative estimate of drug-likeness (QED) is 0.452. The summed E-state index contributed by atoms with van der Waals surface area (Å²) in [6.45, 7) is 6.38. The lowest BCUT2D eigenvalue weighted by Gasteiger charge is -2.12. The summed E-state index contributed by atoms with van der Waals surface area (Å²) in [6, 6.07) is 6.20. The molecule has 1 rings (SSSR count). The summed E-state index contributed by atoms with van der Waals surface area (Å²) in [4.78, 5) is 4.23. The molecule has 0 saturated carbocycles. The van der Waals surface area contributed by atoms with Gasteiger partial charge in [0.05, 0.1) is 5.69 Å². The molecular formula is C12H18N2O. The third-order valence-electron chi connectivity index (χ3n) is 2.41. The minimum atomic E-state index is 0.433. The molecule has 0 aliphatic heterocycles. The molecule has 0 aliphatic carbocycles. The lowest BCUT2D eigenvalue weighted by atomic mass is 9.97. The Morgan fingerprint density at radius 2 is 2.20 bits per heavy atom. The maximum atomic E-state index is 8.52. The average molecular weight is 206 g/mol. The van der Waals surface area contributed by atoms with E-state index in [2.05, 4.69) is 44.0 Å². The lowest BCUT2D eigenvalue weighted by molar-refractivity contribution is 0.240. The fraction of sp³-hybridized carbons (Fsp3) is 0.417. The van der Waals surface area contributed by atoms with E-state index in [1.165, 1.54) is 17.5 Å². The number of aliphatic imine (C=N–C) groups is 1. The molecular weight excluding hydrogens is 188 g/mol. The van der Waals surface area contributed by atoms with Gasteiger partial charge in [-0.2, -0.15) is 0 Å². The highest BCUT2D eigenvalue weighted by atomic mass is 16.5. The van der Waals surface area contributed by atoms with Crippen molar-refractivity contribution in [1.82, 2.24) is 5.48 Å². The Hall–Kier alpha value is -1.35. The van der Waals surface area contributed by atoms with E-state index in [9.17, 15) is 0 Å². The minimum Gasteiger partial charge on any atom is -0.290 e. The van der Waals surface area contributed by atoms with Gasteiger partial charge in [0.25, 0.3) is 0 Å². The molecule has 0 unspecified atom stereocenters. The van der Waals surface area contributed by atoms with E-state index in [1.807, 2.05) is 5.48 Å². The van der Waals surface area contributed by atoms with Crippen LogP contribution in [0.4, 0.5) is 5.69 Å². The number of nitrogens with one attached hydrogen (secondary N) is 1. The lowest BCUT2D eigenvalue weighted by Crippen LogP contribution is -2.02. The summed E-state index contributed by atoms with van der Waals surface area (Å²) in [5.41, 5.74) is 5.32. The van der Waals surface area contributed by atoms with E-state index in [0.29, 0.717) is 5.92 Å². The van der Waals surface area contributed by atoms with Crippen molar-refractivity contribution in [1.29, 1.82) is 0 Å². The van der Waals surface area contributed by atoms with Gasteiger partial charge in [-0.3, -0.25) is 10.7 Å². The van der Waals surface area contributed by atoms with Crippen LogP contribution < -0.4 is 5.48 Å². The zero-order valence-electron chi connectivity index (χ0n) is 9.49. The van der Waals surface area contributed by atoms with E-state index >= 15 is 0 Å². The number of hydrogen-bond acceptors (Lipinski definition) is 2. The van der Waals surface area contributed by atoms with E-state index < -0.39 is 0 Å². The molecule has 0 amide bonds. The number of nitrogens with zero attached hydrogens (tertiary/aromatic N) is 1. The normalized spacial score (nSPS) is 11.3. The van der Waals surface area contributed by atoms with Crippen molar-refractivity contribution < 1.29 is 5.21 Å². The molecule has 82 valence electrons. The van der Waals surface area contributed by atoms with Crippen LogP contribution in [0.5, 0.6) is 0 Å². The van der Waals surface area contributed by atoms with Crippen LogP contribution in [0.25, 0.3) is 0 Å². The molecule has 3 heteroatoms. The molecule has 0 atom stereocenters. The van der Waals surface area contributed by atoms with Crippen molar-refractivity contribution >= 4 is 12.0 Å². The third kappa shape index (κ3) is 2.80. The third-order valence-corrected chi connectivity index (χ3v) is 2.41. The van der Waals surface area contributed by atoms with Crippen LogP contribution in [0.15, 0.2) is 23.2 Å². The zero-order chi connectivity index (χ0) is 11.3. The molecule has 0 spiro atoms. The Bertz CT molecular complexity index is 345. The van der Waals surface area contributed by atoms with Gasteiger partial charge in [0.15, 0.2) is 0 Å². The fourth-order valence-corrected chi connectivity index (χ4v) is 1.61. The van der Waals surface area contributed by atoms with Gasteiger partial charge in [-0.05, 0) is 23.5 Å². The molecule has 3 nitrogen and oxygen atoms in total. The SMILES string of the molecule is CCc1cccc(C(C)C)c1N=CNO. The first-order valence-electron chi connectivity index (χ1n) is 5.24. The number of hydroxylamine groups is 1. The summed E-state index contributed by atoms with van der Waals surface area (Å²) in [6.07, 6.45) is 2.25. The maximum absolute atomic E-state index is 8.52. The number of aryl methyl sites for hydroxylation is 1. The maximum Gasteiger partial charge on any atom is 0.113 e. The van der Waals surface area contributed by atoms with Gasteiger partial charge in [-0.1, -0.05) is 39.0 Å². The van der Waals surface area contributed by atoms with Crippen LogP contribution in [0.1, 0.15) is 37.8 Å². The van der Waals surface area contributed by atoms with Crippen LogP contribution in [0.2, 0.25) is 0 Å². The molecule has 0 saturated heterocycles. The number of rotatable bonds is 4. The van der Waals surface area contributed by atoms with Crippen molar-refractivity contribution in [3.05, 3.63) is 29.3 Å². The summed E-state index contributed by atoms with van der Waals surface area (Å²) in [5, 5.41) is 8.52. The summed E-state index contributed by atoms with van der Waals surface area (Å²) >= 11 is 0. The Morgan fingerprint density at radius 3 is 2.73 bits per heavy atom. The fourth-order valence-electron chi connectivity index (χ4n) is 1.61. The standard InChI is InChI=1S/C12H18N2O/c1-4-10-6-5-7-11(9(2)3)12(10)13-8-14-15/h5-9,15H,4H2,1-3H3,(H,13,14). The van der Waals surface area contributed by atoms with Crippen molar-refractivity contribution in [2.45, 2.75) is 33.1 Å². The van der Waals surface area contributed by atoms with E-state index in [1.54, 1.807) is 0 Å². The molecule has 0 aromatic heterocycles. The number of para-hydroxylation sites is 1. The molecule has 15 heavy (non-hydrogen) atoms. The first-order valence-corrected chi connectivity index (χ1v) is 5.24. The predicted octanol–water partition coefficient (Wildman–Crippen LogP) is 3.01. The second-order valence-electron chi connectivity index (χ2n) is 3.75. The zero-order valence-corrected chi connectivity index (χ0v) is 9.49. The Labute approximate surface area is 90.8 Å². The Kier molecular flexibility index (Phi) is 4.31. The van der Waals surface area contributed by atoms with Crippen molar-refractivity contribution in [2.24, 2.45) is 4.99 Å². The van der Waals surface area contributed by atoms with Gasteiger partial charge in [-0.15, -0.1) is 0 Å². The summed E-state index contributed by atoms with van der Waals surface area (Å²) in [5.74, 6) is 0.433. The van der Waals surface area contributed by atoms with Gasteiger partial charge in [0, 0.05) is 0 Å². The van der Waals surface area contributed by atoms with E-state index in [0.717, 1.165) is 12.1 Å². The Balaban J connectivity index is 3.20. The highest BCUT2D eigenvalue weighted by Crippen LogP contribution is 2.30. The topological polar surface area (TPSA) is 44.6 Å². The largest absolute Gasteiger partial charge is 0.290 e. The molecule has 0 heterocycles. The van der Waals surface area contributed by atoms with E-state index in [-0.39, 0.29) is 0 Å². The molecule has 2 N–H and O–H groups in total. The van der Waals surface area contributed by atoms with Crippen LogP contribution in [0.3, 0.4) is 0 Å². The van der Waals surface area contributed by atoms with Gasteiger partial charge in [-0.25, -0.2) is 4.99 Å². The molecule has 1 aromatic carbocycles. The molecule has 0 fully saturated rings. The van der Waals surface area contributed by atoms with Crippen LogP contribution >= 0.6 is 0 Å². The second kappa shape index (κ2) is 5.51. The first-order chi connectivity index (χ1) is 7.20. The first kappa shape index (κ1) is 11.7. The monoisotopic (exact) mass is 206 g/mol. The number of hydrogen-bond donors (Lipinski definition) is 2. The van der Waals surface area contributed by atoms with Crippen molar-refractivity contribution in [3.63, 3.8) is 0 Å². The summed E-state index contributed by atoms with van der Waals surface area (Å²) < 4.78 is 0. The second-order valence-corrected chi connectivity index (χ2v) is 3.75. The van der Waals surface area contributed by atoms with Crippen molar-refractivity contribution in [3.8, 4) is 0 Å². The van der Waals surface area contributed by atoms with Crippen LogP contribution in [-0.2, 0) is 6.42 Å². The number of benzene rings is 1.